The van der Waals surface area contributed by atoms with Gasteiger partial charge < -0.3 is 15.0 Å². The molecule has 6 nitrogen and oxygen atoms in total. The highest BCUT2D eigenvalue weighted by Crippen LogP contribution is 2.28. The lowest BCUT2D eigenvalue weighted by molar-refractivity contribution is -0.115. The molecule has 3 aromatic rings. The molecule has 1 aromatic heterocycles. The Hall–Kier alpha value is -3.15. The summed E-state index contributed by atoms with van der Waals surface area (Å²) in [5.41, 5.74) is 3.56. The van der Waals surface area contributed by atoms with Crippen LogP contribution in [0.3, 0.4) is 0 Å². The molecule has 2 heterocycles. The van der Waals surface area contributed by atoms with Gasteiger partial charge in [0, 0.05) is 13.1 Å². The molecule has 1 amide bonds. The number of carbonyl (C=O) groups excluding carboxylic acids is 1. The minimum absolute atomic E-state index is 0.115. The van der Waals surface area contributed by atoms with Gasteiger partial charge in [0.15, 0.2) is 11.6 Å². The van der Waals surface area contributed by atoms with E-state index in [1.807, 2.05) is 49.4 Å². The first kappa shape index (κ1) is 18.2. The number of ether oxygens (including phenoxy) is 1. The molecule has 1 saturated heterocycles. The number of methoxy groups -OCH3 is 1. The molecule has 1 aliphatic heterocycles. The van der Waals surface area contributed by atoms with Crippen LogP contribution in [-0.2, 0) is 11.2 Å². The van der Waals surface area contributed by atoms with Gasteiger partial charge >= 0.3 is 0 Å². The van der Waals surface area contributed by atoms with Crippen LogP contribution in [-0.4, -0.2) is 36.1 Å². The number of benzene rings is 2. The number of aryl methyl sites for hydroxylation is 1. The Kier molecular flexibility index (Phi) is 5.10. The van der Waals surface area contributed by atoms with Gasteiger partial charge in [0.05, 0.1) is 24.6 Å². The number of nitrogens with one attached hydrogen (secondary N) is 1. The fourth-order valence-electron chi connectivity index (χ4n) is 3.56. The molecule has 28 heavy (non-hydrogen) atoms. The van der Waals surface area contributed by atoms with Gasteiger partial charge in [0.1, 0.15) is 5.75 Å². The first-order chi connectivity index (χ1) is 13.6. The first-order valence-corrected chi connectivity index (χ1v) is 9.59. The zero-order valence-electron chi connectivity index (χ0n) is 16.2. The van der Waals surface area contributed by atoms with E-state index < -0.39 is 0 Å². The fraction of sp³-hybridized carbons (Fsp3) is 0.318. The quantitative estimate of drug-likeness (QED) is 0.735. The summed E-state index contributed by atoms with van der Waals surface area (Å²) in [6.45, 7) is 3.85. The number of rotatable bonds is 5. The summed E-state index contributed by atoms with van der Waals surface area (Å²) in [5.74, 6) is 1.96. The van der Waals surface area contributed by atoms with E-state index in [4.69, 9.17) is 9.72 Å². The average molecular weight is 376 g/mol. The number of hydrogen-bond donors (Lipinski definition) is 1. The van der Waals surface area contributed by atoms with Crippen LogP contribution in [0.2, 0.25) is 0 Å². The highest BCUT2D eigenvalue weighted by atomic mass is 16.5. The predicted molar refractivity (Wildman–Crippen MR) is 111 cm³/mol. The van der Waals surface area contributed by atoms with Crippen LogP contribution < -0.4 is 15.0 Å². The third-order valence-electron chi connectivity index (χ3n) is 5.05. The van der Waals surface area contributed by atoms with Gasteiger partial charge in [-0.25, -0.2) is 9.97 Å². The lowest BCUT2D eigenvalue weighted by Gasteiger charge is -2.20. The van der Waals surface area contributed by atoms with E-state index >= 15 is 0 Å². The van der Waals surface area contributed by atoms with Crippen LogP contribution in [0.1, 0.15) is 24.0 Å². The summed E-state index contributed by atoms with van der Waals surface area (Å²) in [6.07, 6.45) is 2.51. The van der Waals surface area contributed by atoms with Crippen LogP contribution in [0.15, 0.2) is 42.5 Å². The van der Waals surface area contributed by atoms with E-state index in [0.717, 1.165) is 59.7 Å². The Labute approximate surface area is 164 Å². The van der Waals surface area contributed by atoms with E-state index in [0.29, 0.717) is 5.82 Å². The van der Waals surface area contributed by atoms with E-state index in [1.54, 1.807) is 7.11 Å². The van der Waals surface area contributed by atoms with E-state index in [9.17, 15) is 4.79 Å². The summed E-state index contributed by atoms with van der Waals surface area (Å²) in [6, 6.07) is 13.6. The number of aromatic nitrogens is 2. The van der Waals surface area contributed by atoms with Crippen molar-refractivity contribution in [1.29, 1.82) is 0 Å². The largest absolute Gasteiger partial charge is 0.496 e. The van der Waals surface area contributed by atoms with Crippen LogP contribution in [0.5, 0.6) is 5.75 Å². The smallest absolute Gasteiger partial charge is 0.230 e. The molecule has 2 aromatic carbocycles. The Morgan fingerprint density at radius 2 is 1.82 bits per heavy atom. The molecule has 0 aliphatic carbocycles. The highest BCUT2D eigenvalue weighted by Gasteiger charge is 2.21. The zero-order valence-corrected chi connectivity index (χ0v) is 16.2. The van der Waals surface area contributed by atoms with Crippen molar-refractivity contribution in [3.05, 3.63) is 53.6 Å². The van der Waals surface area contributed by atoms with Gasteiger partial charge in [-0.15, -0.1) is 0 Å². The Morgan fingerprint density at radius 1 is 1.11 bits per heavy atom. The first-order valence-electron chi connectivity index (χ1n) is 9.59. The predicted octanol–water partition coefficient (Wildman–Crippen LogP) is 3.73. The SMILES string of the molecule is COc1cc(CC(=O)Nc2nc3ccccc3nc2N2CCCC2)ccc1C. The standard InChI is InChI=1S/C22H24N4O2/c1-15-9-10-16(13-19(15)28-2)14-20(27)25-21-22(26-11-5-6-12-26)24-18-8-4-3-7-17(18)23-21/h3-4,7-10,13H,5-6,11-12,14H2,1-2H3,(H,23,25,27). The van der Waals surface area contributed by atoms with Crippen molar-refractivity contribution in [3.63, 3.8) is 0 Å². The second-order valence-corrected chi connectivity index (χ2v) is 7.11. The number of para-hydroxylation sites is 2. The van der Waals surface area contributed by atoms with Gasteiger partial charge in [-0.05, 0) is 49.1 Å². The molecule has 0 bridgehead atoms. The number of hydrogen-bond acceptors (Lipinski definition) is 5. The molecule has 0 spiro atoms. The van der Waals surface area contributed by atoms with E-state index in [-0.39, 0.29) is 12.3 Å². The van der Waals surface area contributed by atoms with Crippen LogP contribution in [0.25, 0.3) is 11.0 Å². The topological polar surface area (TPSA) is 67.3 Å². The maximum atomic E-state index is 12.7. The van der Waals surface area contributed by atoms with Gasteiger partial charge in [0.25, 0.3) is 0 Å². The molecule has 1 N–H and O–H groups in total. The maximum Gasteiger partial charge on any atom is 0.230 e. The minimum atomic E-state index is -0.115. The molecule has 6 heteroatoms. The summed E-state index contributed by atoms with van der Waals surface area (Å²) >= 11 is 0. The number of anilines is 2. The zero-order chi connectivity index (χ0) is 19.5. The Balaban J connectivity index is 1.60. The van der Waals surface area contributed by atoms with Gasteiger partial charge in [-0.3, -0.25) is 4.79 Å². The number of nitrogens with zero attached hydrogens (tertiary/aromatic N) is 3. The molecule has 0 saturated carbocycles. The fourth-order valence-corrected chi connectivity index (χ4v) is 3.56. The summed E-state index contributed by atoms with van der Waals surface area (Å²) in [4.78, 5) is 24.4. The molecule has 4 rings (SSSR count). The summed E-state index contributed by atoms with van der Waals surface area (Å²) in [7, 11) is 1.64. The number of carbonyl (C=O) groups is 1. The normalized spacial score (nSPS) is 13.7. The van der Waals surface area contributed by atoms with Crippen molar-refractivity contribution in [2.75, 3.05) is 30.4 Å². The summed E-state index contributed by atoms with van der Waals surface area (Å²) in [5, 5.41) is 2.99. The Morgan fingerprint density at radius 3 is 2.54 bits per heavy atom. The molecule has 144 valence electrons. The van der Waals surface area contributed by atoms with E-state index in [2.05, 4.69) is 15.2 Å². The van der Waals surface area contributed by atoms with Crippen LogP contribution in [0.4, 0.5) is 11.6 Å². The van der Waals surface area contributed by atoms with Crippen molar-refractivity contribution >= 4 is 28.6 Å². The van der Waals surface area contributed by atoms with Crippen LogP contribution in [0, 0.1) is 6.92 Å². The number of amides is 1. The third kappa shape index (κ3) is 3.76. The maximum absolute atomic E-state index is 12.7. The van der Waals surface area contributed by atoms with Crippen LogP contribution >= 0.6 is 0 Å². The lowest BCUT2D eigenvalue weighted by atomic mass is 10.1. The molecule has 1 fully saturated rings. The third-order valence-corrected chi connectivity index (χ3v) is 5.05. The number of fused-ring (bicyclic) bond motifs is 1. The average Bonchev–Trinajstić information content (AvgIpc) is 3.23. The van der Waals surface area contributed by atoms with Gasteiger partial charge in [-0.2, -0.15) is 0 Å². The van der Waals surface area contributed by atoms with Crippen molar-refractivity contribution in [3.8, 4) is 5.75 Å². The second kappa shape index (κ2) is 7.84. The monoisotopic (exact) mass is 376 g/mol. The molecule has 0 unspecified atom stereocenters. The van der Waals surface area contributed by atoms with Gasteiger partial charge in [-0.1, -0.05) is 24.3 Å². The molecular formula is C22H24N4O2. The van der Waals surface area contributed by atoms with Crippen molar-refractivity contribution in [2.24, 2.45) is 0 Å². The molecule has 0 radical (unpaired) electrons. The summed E-state index contributed by atoms with van der Waals surface area (Å²) < 4.78 is 5.36. The van der Waals surface area contributed by atoms with Crippen molar-refractivity contribution in [2.45, 2.75) is 26.2 Å². The Bertz CT molecular complexity index is 1010. The lowest BCUT2D eigenvalue weighted by Crippen LogP contribution is -2.24. The molecule has 1 aliphatic rings. The molecule has 0 atom stereocenters. The van der Waals surface area contributed by atoms with Gasteiger partial charge in [0.2, 0.25) is 5.91 Å². The van der Waals surface area contributed by atoms with Crippen molar-refractivity contribution < 1.29 is 9.53 Å². The highest BCUT2D eigenvalue weighted by molar-refractivity contribution is 5.95. The molecular weight excluding hydrogens is 352 g/mol. The van der Waals surface area contributed by atoms with E-state index in [1.165, 1.54) is 0 Å². The minimum Gasteiger partial charge on any atom is -0.496 e. The van der Waals surface area contributed by atoms with Crippen molar-refractivity contribution in [1.82, 2.24) is 9.97 Å². The second-order valence-electron chi connectivity index (χ2n) is 7.11.